The number of aliphatic carboxylic acids is 1. The van der Waals surface area contributed by atoms with Crippen molar-refractivity contribution in [3.63, 3.8) is 0 Å². The summed E-state index contributed by atoms with van der Waals surface area (Å²) in [4.78, 5) is 36.7. The molecule has 0 aliphatic carbocycles. The molecule has 1 aliphatic heterocycles. The third-order valence-electron chi connectivity index (χ3n) is 4.57. The zero-order chi connectivity index (χ0) is 18.3. The summed E-state index contributed by atoms with van der Waals surface area (Å²) in [6.07, 6.45) is 2.11. The van der Waals surface area contributed by atoms with Crippen LogP contribution in [0.25, 0.3) is 0 Å². The summed E-state index contributed by atoms with van der Waals surface area (Å²) in [6.45, 7) is 8.46. The van der Waals surface area contributed by atoms with Gasteiger partial charge in [-0.05, 0) is 32.6 Å². The Hall–Kier alpha value is -1.63. The molecule has 7 nitrogen and oxygen atoms in total. The first-order valence-electron chi connectivity index (χ1n) is 8.70. The number of esters is 1. The Morgan fingerprint density at radius 2 is 2.00 bits per heavy atom. The highest BCUT2D eigenvalue weighted by Crippen LogP contribution is 2.27. The van der Waals surface area contributed by atoms with E-state index in [9.17, 15) is 19.5 Å². The van der Waals surface area contributed by atoms with E-state index in [-0.39, 0.29) is 30.3 Å². The lowest BCUT2D eigenvalue weighted by Gasteiger charge is -2.30. The lowest BCUT2D eigenvalue weighted by Crippen LogP contribution is -2.45. The summed E-state index contributed by atoms with van der Waals surface area (Å²) < 4.78 is 5.04. The molecule has 1 amide bonds. The largest absolute Gasteiger partial charge is 0.480 e. The minimum Gasteiger partial charge on any atom is -0.480 e. The van der Waals surface area contributed by atoms with Gasteiger partial charge in [0.05, 0.1) is 12.5 Å². The van der Waals surface area contributed by atoms with Gasteiger partial charge < -0.3 is 15.2 Å². The summed E-state index contributed by atoms with van der Waals surface area (Å²) in [5.74, 6) is -1.59. The number of amides is 1. The summed E-state index contributed by atoms with van der Waals surface area (Å²) in [7, 11) is 0. The first-order valence-corrected chi connectivity index (χ1v) is 8.70. The fraction of sp³-hybridized carbons (Fsp3) is 0.824. The Morgan fingerprint density at radius 3 is 2.50 bits per heavy atom. The molecule has 0 aromatic rings. The van der Waals surface area contributed by atoms with E-state index in [4.69, 9.17) is 4.74 Å². The molecular weight excluding hydrogens is 312 g/mol. The van der Waals surface area contributed by atoms with Crippen LogP contribution in [0.1, 0.15) is 47.0 Å². The summed E-state index contributed by atoms with van der Waals surface area (Å²) in [6, 6.07) is -0.721. The number of nitrogens with one attached hydrogen (secondary N) is 1. The predicted octanol–water partition coefficient (Wildman–Crippen LogP) is 1.27. The number of likely N-dealkylation sites (tertiary alicyclic amines) is 1. The van der Waals surface area contributed by atoms with Crippen molar-refractivity contribution in [2.24, 2.45) is 11.8 Å². The first kappa shape index (κ1) is 20.4. The van der Waals surface area contributed by atoms with Gasteiger partial charge in [0.25, 0.3) is 0 Å². The predicted molar refractivity (Wildman–Crippen MR) is 89.4 cm³/mol. The van der Waals surface area contributed by atoms with Crippen LogP contribution in [0.2, 0.25) is 0 Å². The zero-order valence-corrected chi connectivity index (χ0v) is 15.1. The molecule has 24 heavy (non-hydrogen) atoms. The van der Waals surface area contributed by atoms with Gasteiger partial charge in [0.1, 0.15) is 6.04 Å². The third kappa shape index (κ3) is 5.78. The molecule has 7 heteroatoms. The Labute approximate surface area is 143 Å². The van der Waals surface area contributed by atoms with Gasteiger partial charge in [-0.25, -0.2) is 0 Å². The normalized spacial score (nSPS) is 23.5. The number of carbonyl (C=O) groups is 3. The maximum Gasteiger partial charge on any atom is 0.320 e. The van der Waals surface area contributed by atoms with E-state index in [2.05, 4.69) is 12.2 Å². The van der Waals surface area contributed by atoms with E-state index in [0.717, 1.165) is 12.8 Å². The van der Waals surface area contributed by atoms with Crippen molar-refractivity contribution >= 4 is 17.8 Å². The molecule has 0 aromatic carbocycles. The monoisotopic (exact) mass is 342 g/mol. The number of carboxylic acids is 1. The number of hydrogen-bond donors (Lipinski definition) is 2. The van der Waals surface area contributed by atoms with Crippen molar-refractivity contribution in [1.29, 1.82) is 0 Å². The van der Waals surface area contributed by atoms with Crippen LogP contribution in [0.3, 0.4) is 0 Å². The van der Waals surface area contributed by atoms with Gasteiger partial charge >= 0.3 is 11.9 Å². The van der Waals surface area contributed by atoms with Crippen molar-refractivity contribution in [2.45, 2.75) is 59.0 Å². The molecule has 1 aliphatic rings. The number of hydrogen-bond acceptors (Lipinski definition) is 5. The van der Waals surface area contributed by atoms with Crippen molar-refractivity contribution < 1.29 is 24.2 Å². The molecule has 0 spiro atoms. The van der Waals surface area contributed by atoms with E-state index in [1.165, 1.54) is 6.92 Å². The van der Waals surface area contributed by atoms with Gasteiger partial charge in [-0.2, -0.15) is 0 Å². The van der Waals surface area contributed by atoms with Crippen LogP contribution in [-0.4, -0.2) is 59.6 Å². The van der Waals surface area contributed by atoms with Crippen LogP contribution in [-0.2, 0) is 19.1 Å². The summed E-state index contributed by atoms with van der Waals surface area (Å²) in [5, 5.41) is 12.4. The fourth-order valence-corrected chi connectivity index (χ4v) is 3.40. The lowest BCUT2D eigenvalue weighted by molar-refractivity contribution is -0.147. The van der Waals surface area contributed by atoms with Crippen LogP contribution in [0.15, 0.2) is 0 Å². The first-order chi connectivity index (χ1) is 11.3. The van der Waals surface area contributed by atoms with Crippen molar-refractivity contribution in [3.05, 3.63) is 0 Å². The maximum atomic E-state index is 12.0. The number of rotatable bonds is 9. The lowest BCUT2D eigenvalue weighted by atomic mass is 9.95. The highest BCUT2D eigenvalue weighted by Gasteiger charge is 2.41. The van der Waals surface area contributed by atoms with Crippen LogP contribution in [0, 0.1) is 11.8 Å². The Balaban J connectivity index is 2.80. The smallest absolute Gasteiger partial charge is 0.320 e. The van der Waals surface area contributed by atoms with E-state index in [1.54, 1.807) is 6.92 Å². The minimum atomic E-state index is -0.913. The van der Waals surface area contributed by atoms with Gasteiger partial charge in [-0.15, -0.1) is 0 Å². The number of ether oxygens (including phenoxy) is 1. The molecule has 3 unspecified atom stereocenters. The van der Waals surface area contributed by atoms with Crippen molar-refractivity contribution in [1.82, 2.24) is 10.2 Å². The average Bonchev–Trinajstić information content (AvgIpc) is 2.90. The molecule has 1 rings (SSSR count). The molecule has 4 atom stereocenters. The van der Waals surface area contributed by atoms with Gasteiger partial charge in [0.15, 0.2) is 0 Å². The third-order valence-corrected chi connectivity index (χ3v) is 4.57. The molecule has 138 valence electrons. The van der Waals surface area contributed by atoms with Crippen LogP contribution >= 0.6 is 0 Å². The molecule has 0 aromatic heterocycles. The van der Waals surface area contributed by atoms with Crippen molar-refractivity contribution in [3.8, 4) is 0 Å². The Morgan fingerprint density at radius 1 is 1.33 bits per heavy atom. The van der Waals surface area contributed by atoms with Gasteiger partial charge in [0.2, 0.25) is 5.91 Å². The minimum absolute atomic E-state index is 0.0430. The topological polar surface area (TPSA) is 95.9 Å². The second-order valence-electron chi connectivity index (χ2n) is 6.53. The molecule has 0 radical (unpaired) electrons. The van der Waals surface area contributed by atoms with Crippen molar-refractivity contribution in [2.75, 3.05) is 19.7 Å². The fourth-order valence-electron chi connectivity index (χ4n) is 3.40. The molecule has 1 heterocycles. The SMILES string of the molecule is CCC[C@@H](CN1CC(C(=O)OCC)CC1C(=O)O)C(C)NC(C)=O. The zero-order valence-electron chi connectivity index (χ0n) is 15.1. The summed E-state index contributed by atoms with van der Waals surface area (Å²) >= 11 is 0. The molecule has 1 saturated heterocycles. The summed E-state index contributed by atoms with van der Waals surface area (Å²) in [5.41, 5.74) is 0. The standard InChI is InChI=1S/C17H30N2O5/c1-5-7-13(11(3)18-12(4)20)9-19-10-14(17(23)24-6-2)8-15(19)16(21)22/h11,13-15H,5-10H2,1-4H3,(H,18,20)(H,21,22)/t11?,13-,14?,15?/m0/s1. The number of carboxylic acid groups (broad SMARTS) is 1. The molecule has 1 fully saturated rings. The van der Waals surface area contributed by atoms with Crippen LogP contribution < -0.4 is 5.32 Å². The van der Waals surface area contributed by atoms with E-state index in [0.29, 0.717) is 19.7 Å². The Kier molecular flexibility index (Phi) is 8.18. The molecular formula is C17H30N2O5. The maximum absolute atomic E-state index is 12.0. The second kappa shape index (κ2) is 9.61. The number of carbonyl (C=O) groups excluding carboxylic acids is 2. The van der Waals surface area contributed by atoms with Gasteiger partial charge in [-0.3, -0.25) is 19.3 Å². The Bertz CT molecular complexity index is 454. The van der Waals surface area contributed by atoms with E-state index in [1.807, 2.05) is 11.8 Å². The molecule has 2 N–H and O–H groups in total. The number of nitrogens with zero attached hydrogens (tertiary/aromatic N) is 1. The second-order valence-corrected chi connectivity index (χ2v) is 6.53. The quantitative estimate of drug-likeness (QED) is 0.613. The highest BCUT2D eigenvalue weighted by molar-refractivity contribution is 5.78. The van der Waals surface area contributed by atoms with Crippen LogP contribution in [0.5, 0.6) is 0 Å². The van der Waals surface area contributed by atoms with Gasteiger partial charge in [0, 0.05) is 26.1 Å². The van der Waals surface area contributed by atoms with E-state index < -0.39 is 17.9 Å². The van der Waals surface area contributed by atoms with E-state index >= 15 is 0 Å². The molecule has 0 bridgehead atoms. The molecule has 0 saturated carbocycles. The average molecular weight is 342 g/mol. The highest BCUT2D eigenvalue weighted by atomic mass is 16.5. The van der Waals surface area contributed by atoms with Crippen LogP contribution in [0.4, 0.5) is 0 Å². The van der Waals surface area contributed by atoms with Gasteiger partial charge in [-0.1, -0.05) is 13.3 Å².